The quantitative estimate of drug-likeness (QED) is 0.124. The first kappa shape index (κ1) is 23.9. The smallest absolute Gasteiger partial charge is 0.136 e. The van der Waals surface area contributed by atoms with Gasteiger partial charge in [0.15, 0.2) is 0 Å². The lowest BCUT2D eigenvalue weighted by Crippen LogP contribution is -1.91. The molecule has 0 spiro atoms. The normalized spacial score (nSPS) is 11.8. The van der Waals surface area contributed by atoms with Crippen LogP contribution in [0.5, 0.6) is 0 Å². The number of furan rings is 1. The number of nitrogens with zero attached hydrogens (tertiary/aromatic N) is 1. The molecule has 200 valence electrons. The second-order valence-electron chi connectivity index (χ2n) is 11.1. The van der Waals surface area contributed by atoms with E-state index < -0.39 is 0 Å². The molecule has 0 aliphatic rings. The first-order chi connectivity index (χ1) is 21.3. The molecule has 0 amide bonds. The highest BCUT2D eigenvalue weighted by Crippen LogP contribution is 2.46. The summed E-state index contributed by atoms with van der Waals surface area (Å²) in [6.45, 7) is 0. The van der Waals surface area contributed by atoms with Gasteiger partial charge < -0.3 is 4.42 Å². The maximum Gasteiger partial charge on any atom is 0.136 e. The minimum Gasteiger partial charge on any atom is -0.456 e. The molecule has 3 nitrogen and oxygen atoms in total. The molecule has 0 bridgehead atoms. The molecule has 0 aliphatic carbocycles. The Labute approximate surface area is 246 Å². The average Bonchev–Trinajstić information content (AvgIpc) is 3.45. The predicted molar refractivity (Wildman–Crippen MR) is 179 cm³/mol. The van der Waals surface area contributed by atoms with E-state index in [1.54, 1.807) is 6.07 Å². The minimum atomic E-state index is 0.446. The Morgan fingerprint density at radius 2 is 1.02 bits per heavy atom. The van der Waals surface area contributed by atoms with Gasteiger partial charge in [0.05, 0.1) is 0 Å². The Hall–Kier alpha value is -5.80. The lowest BCUT2D eigenvalue weighted by atomic mass is 9.85. The van der Waals surface area contributed by atoms with Crippen LogP contribution in [-0.2, 0) is 0 Å². The molecule has 3 heteroatoms. The van der Waals surface area contributed by atoms with Gasteiger partial charge >= 0.3 is 0 Å². The second kappa shape index (κ2) is 9.10. The lowest BCUT2D eigenvalue weighted by Gasteiger charge is -2.18. The third-order valence-electron chi connectivity index (χ3n) is 8.81. The van der Waals surface area contributed by atoms with E-state index in [1.165, 1.54) is 54.2 Å². The van der Waals surface area contributed by atoms with Crippen LogP contribution in [-0.4, -0.2) is 0 Å². The van der Waals surface area contributed by atoms with Gasteiger partial charge in [-0.2, -0.15) is 0 Å². The third kappa shape index (κ3) is 3.49. The number of rotatable bonds is 4. The summed E-state index contributed by atoms with van der Waals surface area (Å²) in [6.07, 6.45) is 0. The molecule has 1 heterocycles. The van der Waals surface area contributed by atoms with E-state index in [9.17, 15) is 4.91 Å². The first-order valence-electron chi connectivity index (χ1n) is 14.4. The number of benzene rings is 8. The Bertz CT molecular complexity index is 2460. The van der Waals surface area contributed by atoms with Crippen molar-refractivity contribution in [2.24, 2.45) is 5.18 Å². The van der Waals surface area contributed by atoms with Crippen molar-refractivity contribution in [1.29, 1.82) is 0 Å². The molecule has 0 saturated carbocycles. The molecule has 0 saturated heterocycles. The lowest BCUT2D eigenvalue weighted by molar-refractivity contribution is 0.669. The van der Waals surface area contributed by atoms with Crippen LogP contribution in [0.4, 0.5) is 5.69 Å². The third-order valence-corrected chi connectivity index (χ3v) is 8.81. The number of fused-ring (bicyclic) bond motifs is 2. The van der Waals surface area contributed by atoms with Crippen LogP contribution in [0.2, 0.25) is 0 Å². The Kier molecular flexibility index (Phi) is 5.05. The summed E-state index contributed by atoms with van der Waals surface area (Å²) in [6, 6.07) is 48.5. The van der Waals surface area contributed by atoms with Gasteiger partial charge in [-0.05, 0) is 89.6 Å². The van der Waals surface area contributed by atoms with Crippen molar-refractivity contribution in [2.75, 3.05) is 0 Å². The summed E-state index contributed by atoms with van der Waals surface area (Å²) >= 11 is 0. The van der Waals surface area contributed by atoms with Gasteiger partial charge in [0.1, 0.15) is 16.9 Å². The number of nitroso groups, excluding NO2 is 1. The van der Waals surface area contributed by atoms with Crippen LogP contribution in [0, 0.1) is 4.91 Å². The molecule has 1 aromatic heterocycles. The van der Waals surface area contributed by atoms with Crippen molar-refractivity contribution >= 4 is 59.9 Å². The highest BCUT2D eigenvalue weighted by atomic mass is 16.3. The van der Waals surface area contributed by atoms with Crippen molar-refractivity contribution in [3.63, 3.8) is 0 Å². The highest BCUT2D eigenvalue weighted by molar-refractivity contribution is 6.25. The predicted octanol–water partition coefficient (Wildman–Crippen LogP) is 11.9. The van der Waals surface area contributed by atoms with Gasteiger partial charge in [0.25, 0.3) is 0 Å². The monoisotopic (exact) mass is 549 g/mol. The average molecular weight is 550 g/mol. The van der Waals surface area contributed by atoms with Crippen LogP contribution < -0.4 is 0 Å². The topological polar surface area (TPSA) is 42.6 Å². The summed E-state index contributed by atoms with van der Waals surface area (Å²) in [4.78, 5) is 11.4. The van der Waals surface area contributed by atoms with E-state index in [4.69, 9.17) is 4.42 Å². The van der Waals surface area contributed by atoms with Crippen LogP contribution in [0.1, 0.15) is 0 Å². The molecule has 0 fully saturated rings. The molecular weight excluding hydrogens is 526 g/mol. The largest absolute Gasteiger partial charge is 0.456 e. The summed E-state index contributed by atoms with van der Waals surface area (Å²) in [5.41, 5.74) is 8.75. The van der Waals surface area contributed by atoms with E-state index in [0.29, 0.717) is 5.69 Å². The summed E-state index contributed by atoms with van der Waals surface area (Å²) in [5, 5.41) is 12.8. The van der Waals surface area contributed by atoms with Crippen LogP contribution in [0.15, 0.2) is 149 Å². The van der Waals surface area contributed by atoms with Gasteiger partial charge in [-0.15, -0.1) is 4.91 Å². The van der Waals surface area contributed by atoms with Gasteiger partial charge in [-0.1, -0.05) is 115 Å². The first-order valence-corrected chi connectivity index (χ1v) is 14.4. The van der Waals surface area contributed by atoms with Crippen LogP contribution in [0.3, 0.4) is 0 Å². The van der Waals surface area contributed by atoms with E-state index in [-0.39, 0.29) is 0 Å². The fourth-order valence-corrected chi connectivity index (χ4v) is 6.96. The van der Waals surface area contributed by atoms with Crippen molar-refractivity contribution in [3.8, 4) is 33.4 Å². The van der Waals surface area contributed by atoms with Crippen molar-refractivity contribution in [1.82, 2.24) is 0 Å². The number of hydrogen-bond donors (Lipinski definition) is 0. The second-order valence-corrected chi connectivity index (χ2v) is 11.1. The zero-order valence-corrected chi connectivity index (χ0v) is 23.0. The summed E-state index contributed by atoms with van der Waals surface area (Å²) in [7, 11) is 0. The number of hydrogen-bond acceptors (Lipinski definition) is 3. The summed E-state index contributed by atoms with van der Waals surface area (Å²) in [5.74, 6) is 0. The maximum absolute atomic E-state index is 11.4. The Balaban J connectivity index is 1.31. The molecule has 0 radical (unpaired) electrons. The van der Waals surface area contributed by atoms with Crippen molar-refractivity contribution in [3.05, 3.63) is 144 Å². The molecule has 9 aromatic rings. The Morgan fingerprint density at radius 1 is 0.442 bits per heavy atom. The molecule has 0 unspecified atom stereocenters. The molecule has 43 heavy (non-hydrogen) atoms. The zero-order valence-electron chi connectivity index (χ0n) is 23.0. The molecular formula is C40H23NO2. The van der Waals surface area contributed by atoms with E-state index in [2.05, 4.69) is 120 Å². The zero-order chi connectivity index (χ0) is 28.5. The Morgan fingerprint density at radius 3 is 1.72 bits per heavy atom. The van der Waals surface area contributed by atoms with E-state index in [0.717, 1.165) is 33.4 Å². The van der Waals surface area contributed by atoms with Gasteiger partial charge in [0.2, 0.25) is 0 Å². The standard InChI is InChI=1S/C40H23NO2/c42-41-34-14-6-5-9-29(34)24-16-18-26(19-17-24)37-30-10-1-3-12-32(30)38(33-13-4-2-11-31(33)37)28-22-27-21-20-25-8-7-15-35-39(25)40(27)36(23-28)43-35/h1-23H. The van der Waals surface area contributed by atoms with Crippen LogP contribution in [0.25, 0.3) is 87.6 Å². The molecule has 8 aromatic carbocycles. The fraction of sp³-hybridized carbons (Fsp3) is 0. The van der Waals surface area contributed by atoms with Crippen LogP contribution >= 0.6 is 0 Å². The molecule has 0 aliphatic heterocycles. The SMILES string of the molecule is O=Nc1ccccc1-c1ccc(-c2c3ccccc3c(-c3cc4ccc5cccc6oc(c3)c4c56)c3ccccc23)cc1. The highest BCUT2D eigenvalue weighted by Gasteiger charge is 2.19. The minimum absolute atomic E-state index is 0.446. The van der Waals surface area contributed by atoms with E-state index >= 15 is 0 Å². The van der Waals surface area contributed by atoms with Crippen molar-refractivity contribution in [2.45, 2.75) is 0 Å². The molecule has 9 rings (SSSR count). The van der Waals surface area contributed by atoms with Crippen molar-refractivity contribution < 1.29 is 4.42 Å². The molecule has 0 atom stereocenters. The van der Waals surface area contributed by atoms with E-state index in [1.807, 2.05) is 18.2 Å². The molecule has 0 N–H and O–H groups in total. The summed E-state index contributed by atoms with van der Waals surface area (Å²) < 4.78 is 6.43. The van der Waals surface area contributed by atoms with Gasteiger partial charge in [-0.3, -0.25) is 0 Å². The van der Waals surface area contributed by atoms with Gasteiger partial charge in [-0.25, -0.2) is 0 Å². The van der Waals surface area contributed by atoms with Gasteiger partial charge in [0, 0.05) is 16.3 Å². The maximum atomic E-state index is 11.4. The fourth-order valence-electron chi connectivity index (χ4n) is 6.96.